The van der Waals surface area contributed by atoms with Gasteiger partial charge in [-0.25, -0.2) is 4.79 Å². The number of carbonyl (C=O) groups excluding carboxylic acids is 6. The van der Waals surface area contributed by atoms with Crippen molar-refractivity contribution < 1.29 is 67.5 Å². The van der Waals surface area contributed by atoms with E-state index in [9.17, 15) is 38.7 Å². The van der Waals surface area contributed by atoms with Gasteiger partial charge in [-0.3, -0.25) is 33.7 Å². The molecule has 4 bridgehead atoms. The Morgan fingerprint density at radius 1 is 1.08 bits per heavy atom. The van der Waals surface area contributed by atoms with Crippen molar-refractivity contribution in [2.75, 3.05) is 45.5 Å². The van der Waals surface area contributed by atoms with Crippen molar-refractivity contribution in [3.63, 3.8) is 0 Å². The smallest absolute Gasteiger partial charge is 0.328 e. The first-order valence-corrected chi connectivity index (χ1v) is 23.3. The van der Waals surface area contributed by atoms with Gasteiger partial charge in [-0.1, -0.05) is 48.7 Å². The molecule has 4 aliphatic rings. The fraction of sp³-hybridized carbons (Fsp3) is 0.630. The number of thioether (sulfide) groups is 1. The van der Waals surface area contributed by atoms with Crippen LogP contribution in [0, 0.1) is 5.92 Å². The number of anilines is 1. The quantitative estimate of drug-likeness (QED) is 0.106. The van der Waals surface area contributed by atoms with Gasteiger partial charge in [-0.15, -0.1) is 11.8 Å². The highest BCUT2D eigenvalue weighted by molar-refractivity contribution is 8.00. The average molecular weight is 949 g/mol. The molecule has 1 aromatic rings. The number of hydrogen-bond acceptors (Lipinski definition) is 14. The number of esters is 2. The fourth-order valence-electron chi connectivity index (χ4n) is 8.68. The van der Waals surface area contributed by atoms with Crippen LogP contribution in [-0.4, -0.2) is 149 Å². The minimum atomic E-state index is -1.63. The number of methoxy groups -OCH3 is 2. The van der Waals surface area contributed by atoms with Crippen LogP contribution in [0.25, 0.3) is 0 Å². The predicted molar refractivity (Wildman–Crippen MR) is 240 cm³/mol. The Kier molecular flexibility index (Phi) is 17.3. The van der Waals surface area contributed by atoms with Crippen molar-refractivity contribution >= 4 is 70.6 Å². The molecule has 2 N–H and O–H groups in total. The largest absolute Gasteiger partial charge is 0.495 e. The van der Waals surface area contributed by atoms with Crippen LogP contribution >= 0.6 is 23.4 Å². The summed E-state index contributed by atoms with van der Waals surface area (Å²) in [5.74, 6) is -3.91. The van der Waals surface area contributed by atoms with E-state index in [0.29, 0.717) is 37.1 Å². The first-order valence-electron chi connectivity index (χ1n) is 21.9. The van der Waals surface area contributed by atoms with E-state index in [1.165, 1.54) is 54.7 Å². The number of epoxide rings is 1. The van der Waals surface area contributed by atoms with Crippen molar-refractivity contribution in [1.29, 1.82) is 0 Å². The number of aliphatic hydroxyl groups is 1. The third-order valence-electron chi connectivity index (χ3n) is 12.9. The number of hydrogen-bond donors (Lipinski definition) is 2. The number of allylic oxidation sites excluding steroid dienone is 3. The summed E-state index contributed by atoms with van der Waals surface area (Å²) >= 11 is 7.98. The van der Waals surface area contributed by atoms with Crippen LogP contribution < -0.4 is 9.64 Å². The van der Waals surface area contributed by atoms with Gasteiger partial charge in [0, 0.05) is 65.1 Å². The van der Waals surface area contributed by atoms with E-state index in [4.69, 9.17) is 40.4 Å². The number of ether oxygens (including phenoxy) is 5. The van der Waals surface area contributed by atoms with Crippen LogP contribution in [0.3, 0.4) is 0 Å². The second-order valence-electron chi connectivity index (χ2n) is 17.6. The molecular formula is C46H62ClN3O14S. The van der Waals surface area contributed by atoms with Crippen LogP contribution in [0.15, 0.2) is 35.9 Å². The summed E-state index contributed by atoms with van der Waals surface area (Å²) in [7, 11) is 5.91. The third kappa shape index (κ3) is 12.3. The van der Waals surface area contributed by atoms with Crippen LogP contribution in [0.5, 0.6) is 5.75 Å². The zero-order chi connectivity index (χ0) is 48.0. The number of likely N-dealkylation sites (tertiary alicyclic amines) is 1. The number of unbranched alkanes of at least 4 members (excludes halogenated alkanes) is 2. The monoisotopic (exact) mass is 947 g/mol. The molecule has 5 rings (SSSR count). The molecule has 0 aromatic heterocycles. The molecule has 4 heterocycles. The van der Waals surface area contributed by atoms with Crippen LogP contribution in [0.2, 0.25) is 5.02 Å². The molecule has 1 unspecified atom stereocenters. The van der Waals surface area contributed by atoms with Gasteiger partial charge in [0.15, 0.2) is 0 Å². The van der Waals surface area contributed by atoms with Crippen LogP contribution in [0.1, 0.15) is 91.0 Å². The van der Waals surface area contributed by atoms with E-state index in [1.54, 1.807) is 45.2 Å². The van der Waals surface area contributed by atoms with Crippen LogP contribution in [0.4, 0.5) is 5.69 Å². The van der Waals surface area contributed by atoms with Gasteiger partial charge in [0.1, 0.15) is 46.3 Å². The number of halogens is 1. The number of carboxylic acids is 1. The summed E-state index contributed by atoms with van der Waals surface area (Å²) in [5, 5.41) is 20.3. The molecule has 4 aliphatic heterocycles. The molecule has 4 amide bonds. The molecule has 1 aromatic carbocycles. The number of imide groups is 1. The number of rotatable bonds is 15. The Balaban J connectivity index is 1.33. The Bertz CT molecular complexity index is 2070. The van der Waals surface area contributed by atoms with Crippen LogP contribution in [-0.2, 0) is 58.9 Å². The van der Waals surface area contributed by atoms with Crippen molar-refractivity contribution in [2.24, 2.45) is 5.92 Å². The summed E-state index contributed by atoms with van der Waals surface area (Å²) in [6, 6.07) is 2.43. The lowest BCUT2D eigenvalue weighted by molar-refractivity contribution is -0.187. The van der Waals surface area contributed by atoms with E-state index in [2.05, 4.69) is 0 Å². The summed E-state index contributed by atoms with van der Waals surface area (Å²) in [4.78, 5) is 94.9. The first-order chi connectivity index (χ1) is 30.6. The molecule has 3 fully saturated rings. The number of likely N-dealkylation sites (N-methyl/N-ethyl adjacent to an activating group) is 1. The maximum absolute atomic E-state index is 14.3. The number of fused-ring (bicyclic) bond motifs is 5. The molecule has 0 aliphatic carbocycles. The topological polar surface area (TPSA) is 219 Å². The fourth-order valence-corrected chi connectivity index (χ4v) is 10.1. The van der Waals surface area contributed by atoms with Crippen molar-refractivity contribution in [1.82, 2.24) is 9.80 Å². The summed E-state index contributed by atoms with van der Waals surface area (Å²) in [6.45, 7) is 7.10. The molecule has 17 nitrogen and oxygen atoms in total. The number of nitrogens with zero attached hydrogens (tertiary/aromatic N) is 3. The Morgan fingerprint density at radius 3 is 2.48 bits per heavy atom. The van der Waals surface area contributed by atoms with E-state index < -0.39 is 82.5 Å². The molecule has 0 spiro atoms. The summed E-state index contributed by atoms with van der Waals surface area (Å²) < 4.78 is 29.5. The van der Waals surface area contributed by atoms with Crippen molar-refractivity contribution in [3.8, 4) is 5.75 Å². The minimum Gasteiger partial charge on any atom is -0.495 e. The Hall–Kier alpha value is -4.49. The van der Waals surface area contributed by atoms with Gasteiger partial charge >= 0.3 is 17.9 Å². The number of benzene rings is 1. The summed E-state index contributed by atoms with van der Waals surface area (Å²) in [5.41, 5.74) is -0.855. The zero-order valence-corrected chi connectivity index (χ0v) is 39.9. The molecular weight excluding hydrogens is 886 g/mol. The molecule has 3 saturated heterocycles. The standard InChI is InChI=1S/C46H62ClN3O14S/c1-26-13-12-14-34(61-8)46(59)24-32(62-40(56)25-46)27(2)42-45(4,64-42)35(23-37(52)49(6)30-20-29(19-26)21-31(60-7)41(30)47)63-44(58)28(3)48(5)36(51)16-18-65-33-22-38(53)50(43(33)57)17-11-9-10-15-39(54)55/h12-14,20-21,27-28,32-35,42,59H,9-11,15-19,22-25H2,1-8H3,(H,54,55)/b14-12+,26-13+/t27-,28+,32+,33?,34-,35+,42+,45+,46-/m1/s1. The molecule has 19 heteroatoms. The zero-order valence-electron chi connectivity index (χ0n) is 38.3. The maximum Gasteiger partial charge on any atom is 0.328 e. The lowest BCUT2D eigenvalue weighted by Crippen LogP contribution is -2.53. The highest BCUT2D eigenvalue weighted by atomic mass is 35.5. The van der Waals surface area contributed by atoms with Gasteiger partial charge in [0.25, 0.3) is 0 Å². The van der Waals surface area contributed by atoms with Crippen molar-refractivity contribution in [3.05, 3.63) is 46.5 Å². The average Bonchev–Trinajstić information content (AvgIpc) is 3.88. The molecule has 358 valence electrons. The van der Waals surface area contributed by atoms with E-state index in [0.717, 1.165) is 11.1 Å². The summed E-state index contributed by atoms with van der Waals surface area (Å²) in [6.07, 6.45) is 2.94. The normalized spacial score (nSPS) is 30.2. The van der Waals surface area contributed by atoms with Gasteiger partial charge < -0.3 is 43.7 Å². The molecule has 0 saturated carbocycles. The second-order valence-corrected chi connectivity index (χ2v) is 19.3. The molecule has 9 atom stereocenters. The maximum atomic E-state index is 14.3. The van der Waals surface area contributed by atoms with Gasteiger partial charge in [0.05, 0.1) is 37.0 Å². The number of aliphatic carboxylic acids is 1. The Morgan fingerprint density at radius 2 is 1.80 bits per heavy atom. The van der Waals surface area contributed by atoms with Gasteiger partial charge in [-0.05, 0) is 57.7 Å². The lowest BCUT2D eigenvalue weighted by Gasteiger charge is -2.41. The molecule has 0 radical (unpaired) electrons. The van der Waals surface area contributed by atoms with E-state index in [-0.39, 0.29) is 67.7 Å². The Labute approximate surface area is 389 Å². The van der Waals surface area contributed by atoms with Gasteiger partial charge in [0.2, 0.25) is 23.6 Å². The SMILES string of the molecule is COc1cc2cc(c1Cl)N(C)C(=O)C[C@H](OC(=O)[C@H](C)N(C)C(=O)CCSC1CC(=O)N(CCCCCC(=O)O)C1=O)[C@]1(C)O[C@H]1[C@H](C)[C@@H]1C[C@@](O)(CC(=O)O1)[C@H](OC)/C=C/C=C(\C)C2. The highest BCUT2D eigenvalue weighted by Crippen LogP contribution is 2.50. The number of carbonyl (C=O) groups is 7. The lowest BCUT2D eigenvalue weighted by atomic mass is 9.78. The van der Waals surface area contributed by atoms with E-state index in [1.807, 2.05) is 13.0 Å². The van der Waals surface area contributed by atoms with Crippen molar-refractivity contribution in [2.45, 2.75) is 139 Å². The van der Waals surface area contributed by atoms with E-state index >= 15 is 0 Å². The predicted octanol–water partition coefficient (Wildman–Crippen LogP) is 4.66. The van der Waals surface area contributed by atoms with Gasteiger partial charge in [-0.2, -0.15) is 0 Å². The second kappa shape index (κ2) is 21.9. The minimum absolute atomic E-state index is 0.00159. The number of amides is 4. The highest BCUT2D eigenvalue weighted by Gasteiger charge is 2.64. The first kappa shape index (κ1) is 51.5. The third-order valence-corrected chi connectivity index (χ3v) is 14.5. The number of carboxylic acid groups (broad SMARTS) is 1. The molecule has 65 heavy (non-hydrogen) atoms.